The highest BCUT2D eigenvalue weighted by molar-refractivity contribution is 7.22. The number of amides is 2. The average Bonchev–Trinajstić information content (AvgIpc) is 3.52. The molecule has 0 bridgehead atoms. The van der Waals surface area contributed by atoms with Crippen LogP contribution >= 0.6 is 11.3 Å². The van der Waals surface area contributed by atoms with Crippen molar-refractivity contribution in [3.05, 3.63) is 36.4 Å². The fourth-order valence-corrected chi connectivity index (χ4v) is 6.02. The van der Waals surface area contributed by atoms with Gasteiger partial charge < -0.3 is 25.8 Å². The lowest BCUT2D eigenvalue weighted by atomic mass is 9.79. The van der Waals surface area contributed by atoms with Crippen molar-refractivity contribution in [3.63, 3.8) is 0 Å². The molecule has 10 nitrogen and oxygen atoms in total. The summed E-state index contributed by atoms with van der Waals surface area (Å²) < 4.78 is 6.75. The van der Waals surface area contributed by atoms with Crippen LogP contribution in [0.2, 0.25) is 0 Å². The Bertz CT molecular complexity index is 1320. The molecule has 0 aliphatic heterocycles. The van der Waals surface area contributed by atoms with Crippen LogP contribution in [0, 0.1) is 11.8 Å². The number of hydrogen-bond donors (Lipinski definition) is 4. The lowest BCUT2D eigenvalue weighted by molar-refractivity contribution is -0.124. The molecule has 0 radical (unpaired) electrons. The molecule has 1 aromatic carbocycles. The van der Waals surface area contributed by atoms with Gasteiger partial charge in [-0.25, -0.2) is 15.0 Å². The standard InChI is InChI=1S/C29H38N6O4S/c1-16(2)27(37)32-12-17(3)33-21-9-19(10-21)28(38)35-29-34-22-8-7-18(11-25(22)40-29)20-13-30-26(31-14-20)15-39-24-6-4-5-23(24)36/h7-8,11,13-14,16-17,19,21,23-24,33,36H,4-6,9-10,12,15H2,1-3H3,(H,32,37)(H,34,35,38)/t17-,19?,21?,23-,24-/m0/s1. The van der Waals surface area contributed by atoms with Crippen LogP contribution in [-0.4, -0.2) is 62.7 Å². The molecule has 2 aromatic heterocycles. The number of fused-ring (bicyclic) bond motifs is 1. The van der Waals surface area contributed by atoms with E-state index in [9.17, 15) is 14.7 Å². The van der Waals surface area contributed by atoms with E-state index in [4.69, 9.17) is 4.74 Å². The number of ether oxygens (including phenoxy) is 1. The molecule has 4 N–H and O–H groups in total. The fraction of sp³-hybridized carbons (Fsp3) is 0.552. The number of aliphatic hydroxyl groups is 1. The number of aromatic nitrogens is 3. The van der Waals surface area contributed by atoms with Gasteiger partial charge in [0, 0.05) is 48.4 Å². The van der Waals surface area contributed by atoms with Gasteiger partial charge in [0.05, 0.1) is 22.4 Å². The third kappa shape index (κ3) is 7.01. The van der Waals surface area contributed by atoms with Crippen molar-refractivity contribution in [3.8, 4) is 11.1 Å². The number of anilines is 1. The first kappa shape index (κ1) is 28.5. The van der Waals surface area contributed by atoms with Crippen LogP contribution in [0.5, 0.6) is 0 Å². The Morgan fingerprint density at radius 2 is 1.90 bits per heavy atom. The van der Waals surface area contributed by atoms with Gasteiger partial charge in [0.1, 0.15) is 6.61 Å². The van der Waals surface area contributed by atoms with E-state index in [2.05, 4.69) is 30.9 Å². The van der Waals surface area contributed by atoms with E-state index in [1.165, 1.54) is 11.3 Å². The zero-order valence-corrected chi connectivity index (χ0v) is 24.0. The van der Waals surface area contributed by atoms with Gasteiger partial charge in [0.2, 0.25) is 11.8 Å². The number of carbonyl (C=O) groups is 2. The topological polar surface area (TPSA) is 138 Å². The predicted octanol–water partition coefficient (Wildman–Crippen LogP) is 3.65. The van der Waals surface area contributed by atoms with Gasteiger partial charge in [-0.2, -0.15) is 0 Å². The number of rotatable bonds is 11. The zero-order valence-electron chi connectivity index (χ0n) is 23.2. The second kappa shape index (κ2) is 12.7. The monoisotopic (exact) mass is 566 g/mol. The highest BCUT2D eigenvalue weighted by Gasteiger charge is 2.35. The Morgan fingerprint density at radius 3 is 2.60 bits per heavy atom. The second-order valence-corrected chi connectivity index (χ2v) is 12.3. The van der Waals surface area contributed by atoms with Gasteiger partial charge >= 0.3 is 0 Å². The summed E-state index contributed by atoms with van der Waals surface area (Å²) in [4.78, 5) is 38.0. The number of nitrogens with zero attached hydrogens (tertiary/aromatic N) is 3. The first-order valence-electron chi connectivity index (χ1n) is 14.1. The van der Waals surface area contributed by atoms with Crippen molar-refractivity contribution < 1.29 is 19.4 Å². The molecule has 214 valence electrons. The summed E-state index contributed by atoms with van der Waals surface area (Å²) in [5.74, 6) is 0.564. The molecule has 2 aliphatic carbocycles. The highest BCUT2D eigenvalue weighted by atomic mass is 32.1. The third-order valence-corrected chi connectivity index (χ3v) is 8.57. The van der Waals surface area contributed by atoms with E-state index >= 15 is 0 Å². The van der Waals surface area contributed by atoms with Gasteiger partial charge in [-0.05, 0) is 56.7 Å². The number of thiazole rings is 1. The lowest BCUT2D eigenvalue weighted by Gasteiger charge is -2.36. The van der Waals surface area contributed by atoms with E-state index in [0.717, 1.165) is 53.4 Å². The van der Waals surface area contributed by atoms with Crippen molar-refractivity contribution in [2.45, 2.75) is 83.8 Å². The Kier molecular flexibility index (Phi) is 9.04. The minimum Gasteiger partial charge on any atom is -0.390 e. The second-order valence-electron chi connectivity index (χ2n) is 11.3. The number of nitrogens with one attached hydrogen (secondary N) is 3. The summed E-state index contributed by atoms with van der Waals surface area (Å²) in [5, 5.41) is 19.9. The zero-order chi connectivity index (χ0) is 28.2. The number of carbonyl (C=O) groups excluding carboxylic acids is 2. The van der Waals surface area contributed by atoms with E-state index in [1.807, 2.05) is 39.0 Å². The molecule has 3 aromatic rings. The maximum Gasteiger partial charge on any atom is 0.229 e. The first-order chi connectivity index (χ1) is 19.2. The van der Waals surface area contributed by atoms with Gasteiger partial charge in [-0.3, -0.25) is 9.59 Å². The fourth-order valence-electron chi connectivity index (χ4n) is 5.11. The van der Waals surface area contributed by atoms with Gasteiger partial charge in [-0.15, -0.1) is 0 Å². The van der Waals surface area contributed by atoms with Crippen molar-refractivity contribution in [1.29, 1.82) is 0 Å². The van der Waals surface area contributed by atoms with Crippen LogP contribution in [0.3, 0.4) is 0 Å². The third-order valence-electron chi connectivity index (χ3n) is 7.64. The van der Waals surface area contributed by atoms with Crippen molar-refractivity contribution >= 4 is 38.5 Å². The van der Waals surface area contributed by atoms with E-state index in [0.29, 0.717) is 17.5 Å². The Morgan fingerprint density at radius 1 is 1.12 bits per heavy atom. The molecule has 2 fully saturated rings. The molecule has 40 heavy (non-hydrogen) atoms. The van der Waals surface area contributed by atoms with Gasteiger partial charge in [0.25, 0.3) is 0 Å². The predicted molar refractivity (Wildman–Crippen MR) is 155 cm³/mol. The Balaban J connectivity index is 1.10. The summed E-state index contributed by atoms with van der Waals surface area (Å²) in [6, 6.07) is 6.38. The molecule has 2 amide bonds. The van der Waals surface area contributed by atoms with Crippen LogP contribution < -0.4 is 16.0 Å². The average molecular weight is 567 g/mol. The molecule has 0 saturated heterocycles. The van der Waals surface area contributed by atoms with Crippen LogP contribution in [0.1, 0.15) is 58.7 Å². The molecule has 2 heterocycles. The molecular weight excluding hydrogens is 528 g/mol. The van der Waals surface area contributed by atoms with Crippen LogP contribution in [0.15, 0.2) is 30.6 Å². The van der Waals surface area contributed by atoms with Gasteiger partial charge in [0.15, 0.2) is 11.0 Å². The largest absolute Gasteiger partial charge is 0.390 e. The number of aliphatic hydroxyl groups excluding tert-OH is 1. The summed E-state index contributed by atoms with van der Waals surface area (Å²) in [6.07, 6.45) is 7.21. The van der Waals surface area contributed by atoms with Gasteiger partial charge in [-0.1, -0.05) is 31.3 Å². The Hall–Kier alpha value is -2.99. The first-order valence-corrected chi connectivity index (χ1v) is 14.9. The van der Waals surface area contributed by atoms with Crippen molar-refractivity contribution in [1.82, 2.24) is 25.6 Å². The number of hydrogen-bond acceptors (Lipinski definition) is 9. The van der Waals surface area contributed by atoms with Crippen molar-refractivity contribution in [2.75, 3.05) is 11.9 Å². The van der Waals surface area contributed by atoms with Crippen LogP contribution in [0.25, 0.3) is 21.3 Å². The molecule has 0 spiro atoms. The van der Waals surface area contributed by atoms with E-state index in [-0.39, 0.29) is 48.4 Å². The normalized spacial score (nSPS) is 23.2. The molecule has 2 aliphatic rings. The quantitative estimate of drug-likeness (QED) is 0.276. The lowest BCUT2D eigenvalue weighted by Crippen LogP contribution is -2.51. The molecule has 3 atom stereocenters. The van der Waals surface area contributed by atoms with Crippen molar-refractivity contribution in [2.24, 2.45) is 11.8 Å². The smallest absolute Gasteiger partial charge is 0.229 e. The Labute approximate surface area is 238 Å². The molecule has 0 unspecified atom stereocenters. The highest BCUT2D eigenvalue weighted by Crippen LogP contribution is 2.33. The summed E-state index contributed by atoms with van der Waals surface area (Å²) in [5.41, 5.74) is 2.69. The maximum absolute atomic E-state index is 12.8. The van der Waals surface area contributed by atoms with E-state index in [1.54, 1.807) is 12.4 Å². The molecule has 2 saturated carbocycles. The SMILES string of the molecule is CC(C)C(=O)NC[C@H](C)NC1CC(C(=O)Nc2nc3ccc(-c4cnc(CO[C@H]5CCC[C@@H]5O)nc4)cc3s2)C1. The van der Waals surface area contributed by atoms with Crippen LogP contribution in [0.4, 0.5) is 5.13 Å². The maximum atomic E-state index is 12.8. The van der Waals surface area contributed by atoms with Crippen LogP contribution in [-0.2, 0) is 20.9 Å². The minimum absolute atomic E-state index is 0.00516. The van der Waals surface area contributed by atoms with E-state index < -0.39 is 6.10 Å². The summed E-state index contributed by atoms with van der Waals surface area (Å²) in [7, 11) is 0. The molecular formula is C29H38N6O4S. The molecule has 11 heteroatoms. The summed E-state index contributed by atoms with van der Waals surface area (Å²) in [6.45, 7) is 6.66. The number of benzene rings is 1. The minimum atomic E-state index is -0.396. The molecule has 5 rings (SSSR count). The summed E-state index contributed by atoms with van der Waals surface area (Å²) >= 11 is 1.45.